The van der Waals surface area contributed by atoms with E-state index in [-0.39, 0.29) is 18.4 Å². The molecule has 3 aromatic rings. The highest BCUT2D eigenvalue weighted by atomic mass is 16.2. The number of carbonyl (C=O) groups excluding carboxylic acids is 2. The van der Waals surface area contributed by atoms with Gasteiger partial charge in [-0.3, -0.25) is 19.5 Å². The lowest BCUT2D eigenvalue weighted by molar-refractivity contribution is -0.124. The predicted octanol–water partition coefficient (Wildman–Crippen LogP) is 2.31. The molecule has 7 heteroatoms. The Bertz CT molecular complexity index is 1010. The van der Waals surface area contributed by atoms with Crippen LogP contribution in [-0.2, 0) is 22.7 Å². The maximum Gasteiger partial charge on any atom is 0.240 e. The molecule has 3 heterocycles. The van der Waals surface area contributed by atoms with Gasteiger partial charge in [0.05, 0.1) is 12.2 Å². The molecule has 1 aliphatic heterocycles. The standard InChI is InChI=1S/C21H21N5O2/c1-15-5-2-3-7-17(15)18-11-20-25(21(28)8-10-26(20)24-18)14-19(27)23-13-16-6-4-9-22-12-16/h2-7,9,11-12H,8,10,13-14H2,1H3,(H,23,27). The Morgan fingerprint density at radius 3 is 2.86 bits per heavy atom. The minimum absolute atomic E-state index is 0.0298. The fraction of sp³-hybridized carbons (Fsp3) is 0.238. The first-order valence-corrected chi connectivity index (χ1v) is 9.21. The zero-order valence-electron chi connectivity index (χ0n) is 15.6. The number of rotatable bonds is 5. The van der Waals surface area contributed by atoms with Gasteiger partial charge < -0.3 is 5.32 Å². The van der Waals surface area contributed by atoms with E-state index in [4.69, 9.17) is 0 Å². The number of nitrogens with zero attached hydrogens (tertiary/aromatic N) is 4. The van der Waals surface area contributed by atoms with Gasteiger partial charge in [0.1, 0.15) is 12.4 Å². The first-order valence-electron chi connectivity index (χ1n) is 9.21. The van der Waals surface area contributed by atoms with Crippen molar-refractivity contribution >= 4 is 17.6 Å². The first-order chi connectivity index (χ1) is 13.6. The molecule has 1 aromatic carbocycles. The molecular formula is C21H21N5O2. The van der Waals surface area contributed by atoms with E-state index in [9.17, 15) is 9.59 Å². The average Bonchev–Trinajstić information content (AvgIpc) is 3.14. The van der Waals surface area contributed by atoms with E-state index in [0.29, 0.717) is 25.3 Å². The molecule has 0 bridgehead atoms. The van der Waals surface area contributed by atoms with Crippen molar-refractivity contribution in [3.63, 3.8) is 0 Å². The highest BCUT2D eigenvalue weighted by molar-refractivity contribution is 5.99. The summed E-state index contributed by atoms with van der Waals surface area (Å²) in [5, 5.41) is 7.49. The molecule has 142 valence electrons. The summed E-state index contributed by atoms with van der Waals surface area (Å²) in [5.74, 6) is 0.371. The van der Waals surface area contributed by atoms with Gasteiger partial charge in [0.15, 0.2) is 0 Å². The van der Waals surface area contributed by atoms with Crippen LogP contribution >= 0.6 is 0 Å². The second-order valence-electron chi connectivity index (χ2n) is 6.79. The Balaban J connectivity index is 1.52. The van der Waals surface area contributed by atoms with Gasteiger partial charge >= 0.3 is 0 Å². The predicted molar refractivity (Wildman–Crippen MR) is 105 cm³/mol. The lowest BCUT2D eigenvalue weighted by Crippen LogP contribution is -2.44. The molecule has 0 radical (unpaired) electrons. The molecule has 0 aliphatic carbocycles. The molecule has 0 saturated carbocycles. The first kappa shape index (κ1) is 17.9. The van der Waals surface area contributed by atoms with Gasteiger partial charge in [-0.05, 0) is 24.1 Å². The largest absolute Gasteiger partial charge is 0.350 e. The zero-order chi connectivity index (χ0) is 19.5. The van der Waals surface area contributed by atoms with Gasteiger partial charge in [-0.25, -0.2) is 4.68 Å². The van der Waals surface area contributed by atoms with Crippen LogP contribution in [-0.4, -0.2) is 33.1 Å². The maximum atomic E-state index is 12.5. The zero-order valence-corrected chi connectivity index (χ0v) is 15.6. The Hall–Kier alpha value is -3.48. The van der Waals surface area contributed by atoms with Crippen LogP contribution in [0, 0.1) is 6.92 Å². The number of nitrogens with one attached hydrogen (secondary N) is 1. The number of fused-ring (bicyclic) bond motifs is 1. The Morgan fingerprint density at radius 1 is 1.21 bits per heavy atom. The van der Waals surface area contributed by atoms with Crippen LogP contribution in [0.4, 0.5) is 5.82 Å². The van der Waals surface area contributed by atoms with Crippen molar-refractivity contribution in [2.45, 2.75) is 26.4 Å². The van der Waals surface area contributed by atoms with Gasteiger partial charge in [-0.15, -0.1) is 0 Å². The number of amides is 2. The van der Waals surface area contributed by atoms with E-state index >= 15 is 0 Å². The SMILES string of the molecule is Cc1ccccc1-c1cc2n(n1)CCC(=O)N2CC(=O)NCc1cccnc1. The highest BCUT2D eigenvalue weighted by Gasteiger charge is 2.28. The molecule has 1 N–H and O–H groups in total. The van der Waals surface area contributed by atoms with Crippen molar-refractivity contribution in [1.82, 2.24) is 20.1 Å². The van der Waals surface area contributed by atoms with Crippen LogP contribution in [0.15, 0.2) is 54.9 Å². The summed E-state index contributed by atoms with van der Waals surface area (Å²) >= 11 is 0. The molecule has 2 amide bonds. The van der Waals surface area contributed by atoms with E-state index in [0.717, 1.165) is 22.4 Å². The number of benzene rings is 1. The van der Waals surface area contributed by atoms with E-state index in [1.54, 1.807) is 17.1 Å². The van der Waals surface area contributed by atoms with Crippen LogP contribution < -0.4 is 10.2 Å². The van der Waals surface area contributed by atoms with Crippen LogP contribution in [0.2, 0.25) is 0 Å². The quantitative estimate of drug-likeness (QED) is 0.742. The van der Waals surface area contributed by atoms with Gasteiger partial charge in [-0.2, -0.15) is 5.10 Å². The van der Waals surface area contributed by atoms with Crippen LogP contribution in [0.5, 0.6) is 0 Å². The Morgan fingerprint density at radius 2 is 2.07 bits per heavy atom. The third-order valence-corrected chi connectivity index (χ3v) is 4.81. The molecule has 28 heavy (non-hydrogen) atoms. The third kappa shape index (κ3) is 3.64. The molecule has 4 rings (SSSR count). The summed E-state index contributed by atoms with van der Waals surface area (Å²) in [6.07, 6.45) is 3.72. The minimum atomic E-state index is -0.218. The topological polar surface area (TPSA) is 80.1 Å². The molecule has 1 aliphatic rings. The van der Waals surface area contributed by atoms with Crippen molar-refractivity contribution < 1.29 is 9.59 Å². The second kappa shape index (κ2) is 7.64. The summed E-state index contributed by atoms with van der Waals surface area (Å²) < 4.78 is 1.80. The van der Waals surface area contributed by atoms with Crippen molar-refractivity contribution in [1.29, 1.82) is 0 Å². The number of aryl methyl sites for hydroxylation is 2. The van der Waals surface area contributed by atoms with Crippen LogP contribution in [0.1, 0.15) is 17.5 Å². The fourth-order valence-corrected chi connectivity index (χ4v) is 3.32. The Labute approximate surface area is 163 Å². The molecule has 2 aromatic heterocycles. The van der Waals surface area contributed by atoms with Crippen LogP contribution in [0.3, 0.4) is 0 Å². The van der Waals surface area contributed by atoms with Crippen molar-refractivity contribution in [3.05, 3.63) is 66.0 Å². The van der Waals surface area contributed by atoms with Gasteiger partial charge in [0.2, 0.25) is 11.8 Å². The molecule has 0 saturated heterocycles. The highest BCUT2D eigenvalue weighted by Crippen LogP contribution is 2.29. The summed E-state index contributed by atoms with van der Waals surface area (Å²) in [6.45, 7) is 2.90. The number of carbonyl (C=O) groups is 2. The van der Waals surface area contributed by atoms with Gasteiger partial charge in [0, 0.05) is 37.0 Å². The van der Waals surface area contributed by atoms with E-state index < -0.39 is 0 Å². The second-order valence-corrected chi connectivity index (χ2v) is 6.79. The fourth-order valence-electron chi connectivity index (χ4n) is 3.32. The number of hydrogen-bond acceptors (Lipinski definition) is 4. The van der Waals surface area contributed by atoms with E-state index in [1.165, 1.54) is 4.90 Å². The number of anilines is 1. The number of aromatic nitrogens is 3. The normalized spacial score (nSPS) is 13.3. The summed E-state index contributed by atoms with van der Waals surface area (Å²) in [6, 6.07) is 13.6. The third-order valence-electron chi connectivity index (χ3n) is 4.81. The number of pyridine rings is 1. The molecule has 7 nitrogen and oxygen atoms in total. The molecule has 0 fully saturated rings. The van der Waals surface area contributed by atoms with Gasteiger partial charge in [0.25, 0.3) is 0 Å². The van der Waals surface area contributed by atoms with E-state index in [2.05, 4.69) is 15.4 Å². The van der Waals surface area contributed by atoms with Crippen molar-refractivity contribution in [2.75, 3.05) is 11.4 Å². The summed E-state index contributed by atoms with van der Waals surface area (Å²) in [5.41, 5.74) is 3.86. The summed E-state index contributed by atoms with van der Waals surface area (Å²) in [7, 11) is 0. The summed E-state index contributed by atoms with van der Waals surface area (Å²) in [4.78, 5) is 30.4. The maximum absolute atomic E-state index is 12.5. The lowest BCUT2D eigenvalue weighted by atomic mass is 10.1. The number of hydrogen-bond donors (Lipinski definition) is 1. The van der Waals surface area contributed by atoms with Crippen molar-refractivity contribution in [2.24, 2.45) is 0 Å². The molecule has 0 atom stereocenters. The molecule has 0 unspecified atom stereocenters. The Kier molecular flexibility index (Phi) is 4.89. The molecule has 0 spiro atoms. The minimum Gasteiger partial charge on any atom is -0.350 e. The lowest BCUT2D eigenvalue weighted by Gasteiger charge is -2.26. The van der Waals surface area contributed by atoms with Gasteiger partial charge in [-0.1, -0.05) is 30.3 Å². The molecular weight excluding hydrogens is 354 g/mol. The van der Waals surface area contributed by atoms with Crippen molar-refractivity contribution in [3.8, 4) is 11.3 Å². The average molecular weight is 375 g/mol. The van der Waals surface area contributed by atoms with E-state index in [1.807, 2.05) is 49.4 Å². The van der Waals surface area contributed by atoms with Crippen LogP contribution in [0.25, 0.3) is 11.3 Å². The smallest absolute Gasteiger partial charge is 0.240 e. The monoisotopic (exact) mass is 375 g/mol.